The van der Waals surface area contributed by atoms with Crippen molar-refractivity contribution >= 4 is 0 Å². The Labute approximate surface area is 125 Å². The molecule has 116 valence electrons. The number of likely N-dealkylation sites (N-methyl/N-ethyl adjacent to an activating group) is 1. The molecule has 0 rings (SSSR count). The lowest BCUT2D eigenvalue weighted by Crippen LogP contribution is -2.53. The smallest absolute Gasteiger partial charge is 0.138 e. The molecule has 0 aromatic rings. The lowest BCUT2D eigenvalue weighted by Gasteiger charge is -2.40. The maximum atomic E-state index is 5.77. The van der Waals surface area contributed by atoms with Gasteiger partial charge in [-0.15, -0.1) is 0 Å². The molecule has 0 saturated carbocycles. The zero-order valence-corrected chi connectivity index (χ0v) is 14.1. The van der Waals surface area contributed by atoms with Crippen LogP contribution >= 0.6 is 0 Å². The average Bonchev–Trinajstić information content (AvgIpc) is 2.38. The second-order valence-electron chi connectivity index (χ2n) is 5.72. The number of allylic oxidation sites excluding steroid dienone is 2. The Morgan fingerprint density at radius 2 is 2.00 bits per heavy atom. The summed E-state index contributed by atoms with van der Waals surface area (Å²) in [5.41, 5.74) is 6.99. The van der Waals surface area contributed by atoms with Gasteiger partial charge in [-0.25, -0.2) is 0 Å². The lowest BCUT2D eigenvalue weighted by atomic mass is 10.0. The third kappa shape index (κ3) is 5.93. The van der Waals surface area contributed by atoms with Crippen LogP contribution in [-0.2, 0) is 4.74 Å². The van der Waals surface area contributed by atoms with Gasteiger partial charge in [0.15, 0.2) is 0 Å². The molecule has 3 atom stereocenters. The predicted octanol–water partition coefficient (Wildman–Crippen LogP) is 3.59. The van der Waals surface area contributed by atoms with Crippen molar-refractivity contribution in [2.24, 2.45) is 5.73 Å². The van der Waals surface area contributed by atoms with Gasteiger partial charge >= 0.3 is 0 Å². The molecule has 0 saturated heterocycles. The molecule has 3 heteroatoms. The van der Waals surface area contributed by atoms with Gasteiger partial charge in [0.2, 0.25) is 0 Å². The summed E-state index contributed by atoms with van der Waals surface area (Å²) >= 11 is 0. The SMILES string of the molecule is CC=CC(C(CC=C(C)C)OC)[N+](C)(C=CN)CCC. The third-order valence-corrected chi connectivity index (χ3v) is 3.64. The molecule has 0 heterocycles. The van der Waals surface area contributed by atoms with Crippen molar-refractivity contribution in [3.63, 3.8) is 0 Å². The summed E-state index contributed by atoms with van der Waals surface area (Å²) in [4.78, 5) is 0. The molecule has 0 radical (unpaired) electrons. The van der Waals surface area contributed by atoms with Crippen LogP contribution < -0.4 is 5.73 Å². The van der Waals surface area contributed by atoms with Crippen molar-refractivity contribution in [1.82, 2.24) is 0 Å². The predicted molar refractivity (Wildman–Crippen MR) is 88.1 cm³/mol. The largest absolute Gasteiger partial charge is 0.400 e. The van der Waals surface area contributed by atoms with Crippen LogP contribution in [0.15, 0.2) is 36.2 Å². The second-order valence-corrected chi connectivity index (χ2v) is 5.72. The number of ether oxygens (including phenoxy) is 1. The summed E-state index contributed by atoms with van der Waals surface area (Å²) in [7, 11) is 4.01. The highest BCUT2D eigenvalue weighted by molar-refractivity contribution is 5.00. The number of hydrogen-bond donors (Lipinski definition) is 1. The summed E-state index contributed by atoms with van der Waals surface area (Å²) in [6.07, 6.45) is 12.5. The molecule has 2 N–H and O–H groups in total. The van der Waals surface area contributed by atoms with E-state index in [9.17, 15) is 0 Å². The summed E-state index contributed by atoms with van der Waals surface area (Å²) < 4.78 is 6.54. The second kappa shape index (κ2) is 9.78. The van der Waals surface area contributed by atoms with E-state index in [-0.39, 0.29) is 12.1 Å². The Hall–Kier alpha value is -1.06. The molecule has 3 nitrogen and oxygen atoms in total. The first-order valence-electron chi connectivity index (χ1n) is 7.48. The van der Waals surface area contributed by atoms with Gasteiger partial charge in [-0.1, -0.05) is 24.6 Å². The molecular formula is C17H33N2O+. The number of methoxy groups -OCH3 is 1. The topological polar surface area (TPSA) is 35.2 Å². The van der Waals surface area contributed by atoms with Crippen molar-refractivity contribution in [3.05, 3.63) is 36.2 Å². The van der Waals surface area contributed by atoms with E-state index in [0.29, 0.717) is 0 Å². The van der Waals surface area contributed by atoms with Crippen molar-refractivity contribution in [3.8, 4) is 0 Å². The Morgan fingerprint density at radius 3 is 2.40 bits per heavy atom. The van der Waals surface area contributed by atoms with E-state index in [1.54, 1.807) is 13.3 Å². The minimum atomic E-state index is 0.147. The summed E-state index contributed by atoms with van der Waals surface area (Å²) in [6, 6.07) is 0.264. The maximum Gasteiger partial charge on any atom is 0.138 e. The lowest BCUT2D eigenvalue weighted by molar-refractivity contribution is -0.882. The normalized spacial score (nSPS) is 18.1. The van der Waals surface area contributed by atoms with Crippen LogP contribution in [0.1, 0.15) is 40.5 Å². The minimum Gasteiger partial charge on any atom is -0.400 e. The number of nitrogens with two attached hydrogens (primary N) is 1. The van der Waals surface area contributed by atoms with Crippen LogP contribution in [0.5, 0.6) is 0 Å². The fourth-order valence-corrected chi connectivity index (χ4v) is 2.63. The number of rotatable bonds is 9. The summed E-state index contributed by atoms with van der Waals surface area (Å²) in [5.74, 6) is 0. The molecule has 0 aliphatic rings. The molecule has 3 unspecified atom stereocenters. The van der Waals surface area contributed by atoms with Crippen molar-refractivity contribution < 1.29 is 9.22 Å². The van der Waals surface area contributed by atoms with Gasteiger partial charge in [0.05, 0.1) is 13.6 Å². The van der Waals surface area contributed by atoms with Gasteiger partial charge in [0, 0.05) is 13.3 Å². The fraction of sp³-hybridized carbons (Fsp3) is 0.647. The van der Waals surface area contributed by atoms with E-state index in [0.717, 1.165) is 23.9 Å². The molecule has 0 aliphatic carbocycles. The highest BCUT2D eigenvalue weighted by Gasteiger charge is 2.34. The van der Waals surface area contributed by atoms with E-state index in [4.69, 9.17) is 10.5 Å². The average molecular weight is 281 g/mol. The van der Waals surface area contributed by atoms with Crippen LogP contribution in [0.25, 0.3) is 0 Å². The molecule has 0 amide bonds. The van der Waals surface area contributed by atoms with Crippen LogP contribution in [0.3, 0.4) is 0 Å². The number of nitrogens with zero attached hydrogens (tertiary/aromatic N) is 1. The quantitative estimate of drug-likeness (QED) is 0.518. The van der Waals surface area contributed by atoms with Crippen molar-refractivity contribution in [1.29, 1.82) is 0 Å². The molecule has 0 spiro atoms. The Balaban J connectivity index is 5.38. The molecule has 0 aromatic carbocycles. The van der Waals surface area contributed by atoms with Crippen LogP contribution in [0.2, 0.25) is 0 Å². The highest BCUT2D eigenvalue weighted by Crippen LogP contribution is 2.22. The van der Waals surface area contributed by atoms with Gasteiger partial charge < -0.3 is 10.5 Å². The Kier molecular flexibility index (Phi) is 9.26. The molecule has 0 aromatic heterocycles. The molecule has 0 aliphatic heterocycles. The van der Waals surface area contributed by atoms with Gasteiger partial charge in [-0.3, -0.25) is 4.48 Å². The van der Waals surface area contributed by atoms with Crippen LogP contribution in [-0.4, -0.2) is 37.3 Å². The number of quaternary nitrogens is 1. The van der Waals surface area contributed by atoms with Gasteiger partial charge in [0.1, 0.15) is 18.3 Å². The standard InChI is InChI=1S/C17H33N2O/c1-7-9-16(17(20-6)11-10-15(3)4)19(5,13-8-2)14-12-18/h7,9-10,12,14,16-17H,8,11,13,18H2,1-6H3/q+1. The maximum absolute atomic E-state index is 5.77. The zero-order chi connectivity index (χ0) is 15.6. The van der Waals surface area contributed by atoms with Gasteiger partial charge in [-0.2, -0.15) is 0 Å². The van der Waals surface area contributed by atoms with E-state index in [1.165, 1.54) is 5.57 Å². The summed E-state index contributed by atoms with van der Waals surface area (Å²) in [5, 5.41) is 0. The first kappa shape index (κ1) is 18.9. The summed E-state index contributed by atoms with van der Waals surface area (Å²) in [6.45, 7) is 9.54. The van der Waals surface area contributed by atoms with Crippen LogP contribution in [0, 0.1) is 0 Å². The molecule has 20 heavy (non-hydrogen) atoms. The Morgan fingerprint density at radius 1 is 1.35 bits per heavy atom. The van der Waals surface area contributed by atoms with Gasteiger partial charge in [-0.05, 0) is 39.7 Å². The Bertz CT molecular complexity index is 343. The van der Waals surface area contributed by atoms with Crippen LogP contribution in [0.4, 0.5) is 0 Å². The van der Waals surface area contributed by atoms with E-state index in [2.05, 4.69) is 59.2 Å². The molecular weight excluding hydrogens is 248 g/mol. The fourth-order valence-electron chi connectivity index (χ4n) is 2.63. The monoisotopic (exact) mass is 281 g/mol. The highest BCUT2D eigenvalue weighted by atomic mass is 16.5. The zero-order valence-electron chi connectivity index (χ0n) is 14.1. The molecule has 0 bridgehead atoms. The third-order valence-electron chi connectivity index (χ3n) is 3.64. The van der Waals surface area contributed by atoms with Gasteiger partial charge in [0.25, 0.3) is 0 Å². The van der Waals surface area contributed by atoms with Crippen molar-refractivity contribution in [2.75, 3.05) is 20.7 Å². The van der Waals surface area contributed by atoms with Crippen molar-refractivity contribution in [2.45, 2.75) is 52.7 Å². The van der Waals surface area contributed by atoms with E-state index < -0.39 is 0 Å². The molecule has 0 fully saturated rings. The first-order chi connectivity index (χ1) is 9.45. The number of hydrogen-bond acceptors (Lipinski definition) is 2. The van der Waals surface area contributed by atoms with E-state index >= 15 is 0 Å². The first-order valence-corrected chi connectivity index (χ1v) is 7.48. The minimum absolute atomic E-state index is 0.147. The van der Waals surface area contributed by atoms with E-state index in [1.807, 2.05) is 0 Å².